The molecule has 0 spiro atoms. The van der Waals surface area contributed by atoms with Crippen LogP contribution >= 0.6 is 11.6 Å². The van der Waals surface area contributed by atoms with Crippen molar-refractivity contribution in [2.75, 3.05) is 13.6 Å². The third-order valence-corrected chi connectivity index (χ3v) is 6.81. The molecule has 0 fully saturated rings. The molecule has 0 saturated heterocycles. The van der Waals surface area contributed by atoms with Crippen molar-refractivity contribution < 1.29 is 13.2 Å². The molecule has 3 rings (SSSR count). The Morgan fingerprint density at radius 1 is 0.933 bits per heavy atom. The van der Waals surface area contributed by atoms with E-state index in [2.05, 4.69) is 5.32 Å². The van der Waals surface area contributed by atoms with Crippen LogP contribution in [0.2, 0.25) is 5.02 Å². The molecule has 1 N–H and O–H groups in total. The summed E-state index contributed by atoms with van der Waals surface area (Å²) >= 11 is 5.84. The SMILES string of the molecule is Cc1ccc([C@H](NC(=O)CN(C)S(=O)(=O)c2ccc(Cl)cc2)c2ccccc2)cc1. The molecule has 156 valence electrons. The first-order valence-electron chi connectivity index (χ1n) is 9.40. The molecule has 7 heteroatoms. The molecule has 0 unspecified atom stereocenters. The molecule has 1 atom stereocenters. The van der Waals surface area contributed by atoms with Crippen molar-refractivity contribution >= 4 is 27.5 Å². The monoisotopic (exact) mass is 442 g/mol. The van der Waals surface area contributed by atoms with Crippen molar-refractivity contribution in [1.29, 1.82) is 0 Å². The van der Waals surface area contributed by atoms with Crippen molar-refractivity contribution in [3.05, 3.63) is 101 Å². The number of carbonyl (C=O) groups is 1. The summed E-state index contributed by atoms with van der Waals surface area (Å²) in [5.74, 6) is -0.399. The van der Waals surface area contributed by atoms with Gasteiger partial charge in [-0.3, -0.25) is 4.79 Å². The van der Waals surface area contributed by atoms with Gasteiger partial charge in [-0.1, -0.05) is 71.8 Å². The molecule has 0 bridgehead atoms. The van der Waals surface area contributed by atoms with E-state index in [-0.39, 0.29) is 17.5 Å². The number of benzene rings is 3. The van der Waals surface area contributed by atoms with Crippen LogP contribution in [0.3, 0.4) is 0 Å². The van der Waals surface area contributed by atoms with Gasteiger partial charge in [0.1, 0.15) is 0 Å². The fraction of sp³-hybridized carbons (Fsp3) is 0.174. The summed E-state index contributed by atoms with van der Waals surface area (Å²) in [6.07, 6.45) is 0. The predicted octanol–water partition coefficient (Wildman–Crippen LogP) is 4.17. The van der Waals surface area contributed by atoms with Crippen molar-refractivity contribution in [2.24, 2.45) is 0 Å². The Bertz CT molecular complexity index is 1100. The number of nitrogens with zero attached hydrogens (tertiary/aromatic N) is 1. The molecule has 3 aromatic rings. The van der Waals surface area contributed by atoms with Crippen molar-refractivity contribution in [2.45, 2.75) is 17.9 Å². The fourth-order valence-electron chi connectivity index (χ4n) is 3.04. The number of aryl methyl sites for hydroxylation is 1. The summed E-state index contributed by atoms with van der Waals surface area (Å²) in [4.78, 5) is 12.9. The van der Waals surface area contributed by atoms with Crippen molar-refractivity contribution in [1.82, 2.24) is 9.62 Å². The molecule has 5 nitrogen and oxygen atoms in total. The van der Waals surface area contributed by atoms with Crippen LogP contribution in [-0.2, 0) is 14.8 Å². The summed E-state index contributed by atoms with van der Waals surface area (Å²) in [5, 5.41) is 3.41. The Balaban J connectivity index is 1.79. The molecular formula is C23H23ClN2O3S. The lowest BCUT2D eigenvalue weighted by atomic mass is 9.98. The Morgan fingerprint density at radius 2 is 1.50 bits per heavy atom. The van der Waals surface area contributed by atoms with E-state index in [0.717, 1.165) is 21.0 Å². The smallest absolute Gasteiger partial charge is 0.243 e. The van der Waals surface area contributed by atoms with E-state index >= 15 is 0 Å². The summed E-state index contributed by atoms with van der Waals surface area (Å²) in [6.45, 7) is 1.69. The number of carbonyl (C=O) groups excluding carboxylic acids is 1. The summed E-state index contributed by atoms with van der Waals surface area (Å²) in [6, 6.07) is 22.9. The standard InChI is InChI=1S/C23H23ClN2O3S/c1-17-8-10-19(11-9-17)23(18-6-4-3-5-7-18)25-22(27)16-26(2)30(28,29)21-14-12-20(24)13-15-21/h3-15,23H,16H2,1-2H3,(H,25,27)/t23-/m1/s1. The number of amides is 1. The Hall–Kier alpha value is -2.67. The van der Waals surface area contributed by atoms with Crippen LogP contribution in [-0.4, -0.2) is 32.2 Å². The van der Waals surface area contributed by atoms with Gasteiger partial charge in [0.2, 0.25) is 15.9 Å². The lowest BCUT2D eigenvalue weighted by Crippen LogP contribution is -2.40. The topological polar surface area (TPSA) is 66.5 Å². The van der Waals surface area contributed by atoms with Gasteiger partial charge < -0.3 is 5.32 Å². The summed E-state index contributed by atoms with van der Waals surface area (Å²) < 4.78 is 26.5. The maximum absolute atomic E-state index is 12.8. The third kappa shape index (κ3) is 5.27. The zero-order valence-corrected chi connectivity index (χ0v) is 18.3. The molecule has 0 aliphatic carbocycles. The van der Waals surface area contributed by atoms with Gasteiger partial charge in [0.15, 0.2) is 0 Å². The Labute approximate surface area is 182 Å². The van der Waals surface area contributed by atoms with Gasteiger partial charge in [0.05, 0.1) is 17.5 Å². The number of halogens is 1. The van der Waals surface area contributed by atoms with Gasteiger partial charge >= 0.3 is 0 Å². The van der Waals surface area contributed by atoms with Crippen LogP contribution in [0.1, 0.15) is 22.7 Å². The predicted molar refractivity (Wildman–Crippen MR) is 119 cm³/mol. The average molecular weight is 443 g/mol. The number of hydrogen-bond donors (Lipinski definition) is 1. The highest BCUT2D eigenvalue weighted by molar-refractivity contribution is 7.89. The van der Waals surface area contributed by atoms with Gasteiger partial charge in [0, 0.05) is 12.1 Å². The highest BCUT2D eigenvalue weighted by Crippen LogP contribution is 2.23. The van der Waals surface area contributed by atoms with E-state index in [1.165, 1.54) is 31.3 Å². The maximum Gasteiger partial charge on any atom is 0.243 e. The van der Waals surface area contributed by atoms with Crippen LogP contribution in [0.15, 0.2) is 83.8 Å². The second kappa shape index (κ2) is 9.43. The third-order valence-electron chi connectivity index (χ3n) is 4.74. The highest BCUT2D eigenvalue weighted by atomic mass is 35.5. The minimum atomic E-state index is -3.81. The van der Waals surface area contributed by atoms with Crippen LogP contribution in [0, 0.1) is 6.92 Å². The molecule has 0 saturated carbocycles. The highest BCUT2D eigenvalue weighted by Gasteiger charge is 2.24. The van der Waals surface area contributed by atoms with E-state index in [1.807, 2.05) is 61.5 Å². The van der Waals surface area contributed by atoms with Gasteiger partial charge in [0.25, 0.3) is 0 Å². The molecule has 1 amide bonds. The largest absolute Gasteiger partial charge is 0.344 e. The van der Waals surface area contributed by atoms with Crippen LogP contribution in [0.5, 0.6) is 0 Å². The molecule has 0 aliphatic heterocycles. The van der Waals surface area contributed by atoms with Gasteiger partial charge in [-0.25, -0.2) is 8.42 Å². The van der Waals surface area contributed by atoms with E-state index in [0.29, 0.717) is 5.02 Å². The Kier molecular flexibility index (Phi) is 6.92. The minimum Gasteiger partial charge on any atom is -0.344 e. The molecule has 3 aromatic carbocycles. The van der Waals surface area contributed by atoms with Gasteiger partial charge in [-0.05, 0) is 42.3 Å². The second-order valence-corrected chi connectivity index (χ2v) is 9.52. The number of nitrogens with one attached hydrogen (secondary N) is 1. The van der Waals surface area contributed by atoms with Crippen molar-refractivity contribution in [3.63, 3.8) is 0 Å². The quantitative estimate of drug-likeness (QED) is 0.597. The minimum absolute atomic E-state index is 0.0837. The first kappa shape index (κ1) is 22.0. The molecule has 0 aliphatic rings. The van der Waals surface area contributed by atoms with Crippen LogP contribution in [0.4, 0.5) is 0 Å². The van der Waals surface area contributed by atoms with Crippen LogP contribution in [0.25, 0.3) is 0 Å². The second-order valence-electron chi connectivity index (χ2n) is 7.04. The molecule has 0 heterocycles. The summed E-state index contributed by atoms with van der Waals surface area (Å²) in [7, 11) is -2.43. The fourth-order valence-corrected chi connectivity index (χ4v) is 4.30. The molecule has 0 aromatic heterocycles. The normalized spacial score (nSPS) is 12.5. The summed E-state index contributed by atoms with van der Waals surface area (Å²) in [5.41, 5.74) is 2.95. The number of sulfonamides is 1. The molecule has 30 heavy (non-hydrogen) atoms. The van der Waals surface area contributed by atoms with E-state index < -0.39 is 15.9 Å². The lowest BCUT2D eigenvalue weighted by Gasteiger charge is -2.22. The lowest BCUT2D eigenvalue weighted by molar-refractivity contribution is -0.121. The van der Waals surface area contributed by atoms with Crippen LogP contribution < -0.4 is 5.32 Å². The molecular weight excluding hydrogens is 420 g/mol. The zero-order valence-electron chi connectivity index (χ0n) is 16.7. The first-order valence-corrected chi connectivity index (χ1v) is 11.2. The number of likely N-dealkylation sites (N-methyl/N-ethyl adjacent to an activating group) is 1. The number of hydrogen-bond acceptors (Lipinski definition) is 3. The van der Waals surface area contributed by atoms with E-state index in [9.17, 15) is 13.2 Å². The van der Waals surface area contributed by atoms with Gasteiger partial charge in [-0.2, -0.15) is 4.31 Å². The molecule has 0 radical (unpaired) electrons. The number of rotatable bonds is 7. The van der Waals surface area contributed by atoms with E-state index in [1.54, 1.807) is 0 Å². The van der Waals surface area contributed by atoms with Gasteiger partial charge in [-0.15, -0.1) is 0 Å². The van der Waals surface area contributed by atoms with E-state index in [4.69, 9.17) is 11.6 Å². The first-order chi connectivity index (χ1) is 14.3. The van der Waals surface area contributed by atoms with Crippen molar-refractivity contribution in [3.8, 4) is 0 Å². The average Bonchev–Trinajstić information content (AvgIpc) is 2.73. The zero-order chi connectivity index (χ0) is 21.7. The maximum atomic E-state index is 12.8. The Morgan fingerprint density at radius 3 is 2.10 bits per heavy atom.